The second kappa shape index (κ2) is 10.9. The molecule has 0 heterocycles. The average molecular weight is 683 g/mol. The van der Waals surface area contributed by atoms with Gasteiger partial charge in [0.1, 0.15) is 0 Å². The predicted molar refractivity (Wildman–Crippen MR) is 78.4 cm³/mol. The Morgan fingerprint density at radius 3 is 0.923 bits per heavy atom. The van der Waals surface area contributed by atoms with Crippen molar-refractivity contribution >= 4 is 61.8 Å². The van der Waals surface area contributed by atoms with Gasteiger partial charge in [0, 0.05) is 57.8 Å². The minimum absolute atomic E-state index is 0. The van der Waals surface area contributed by atoms with Gasteiger partial charge in [0.2, 0.25) is 0 Å². The van der Waals surface area contributed by atoms with Crippen molar-refractivity contribution in [2.75, 3.05) is 6.61 Å². The van der Waals surface area contributed by atoms with Crippen molar-refractivity contribution in [3.05, 3.63) is 0 Å². The molecule has 1 N–H and O–H groups in total. The van der Waals surface area contributed by atoms with Crippen LogP contribution in [0.3, 0.4) is 0 Å². The van der Waals surface area contributed by atoms with Crippen LogP contribution in [0, 0.1) is 0 Å². The summed E-state index contributed by atoms with van der Waals surface area (Å²) < 4.78 is 306. The maximum absolute atomic E-state index is 13.5. The molecule has 27 heteroatoms. The topological polar surface area (TPSA) is 63.6 Å². The molecule has 0 rings (SSSR count). The summed E-state index contributed by atoms with van der Waals surface area (Å²) in [6.07, 6.45) is -11.4. The molecule has 0 aromatic carbocycles. The zero-order valence-electron chi connectivity index (χ0n) is 17.4. The summed E-state index contributed by atoms with van der Waals surface area (Å²) in [5.41, 5.74) is 0. The zero-order valence-corrected chi connectivity index (χ0v) is 21.4. The summed E-state index contributed by atoms with van der Waals surface area (Å²) in [7, 11) is -5.88. The molecule has 4 nitrogen and oxygen atoms in total. The van der Waals surface area contributed by atoms with Crippen LogP contribution in [0.15, 0.2) is 0 Å². The Labute approximate surface area is 242 Å². The van der Waals surface area contributed by atoms with Crippen molar-refractivity contribution in [3.8, 4) is 0 Å². The molecule has 0 aliphatic carbocycles. The smallest absolute Gasteiger partial charge is 0.264 e. The van der Waals surface area contributed by atoms with Crippen LogP contribution < -0.4 is 0 Å². The van der Waals surface area contributed by atoms with E-state index in [1.165, 1.54) is 0 Å². The van der Waals surface area contributed by atoms with Crippen molar-refractivity contribution in [2.24, 2.45) is 0 Å². The quantitative estimate of drug-likeness (QED) is 0.154. The minimum Gasteiger partial charge on any atom is -0.264 e. The third kappa shape index (κ3) is 6.23. The van der Waals surface area contributed by atoms with Crippen LogP contribution in [-0.4, -0.2) is 130 Å². The van der Waals surface area contributed by atoms with Gasteiger partial charge in [-0.3, -0.25) is 4.55 Å². The van der Waals surface area contributed by atoms with Gasteiger partial charge in [-0.05, 0) is 0 Å². The number of hydrogen-bond donors (Lipinski definition) is 1. The van der Waals surface area contributed by atoms with E-state index in [2.05, 4.69) is 4.18 Å². The van der Waals surface area contributed by atoms with Crippen LogP contribution in [-0.2, 0) is 14.6 Å². The Balaban J connectivity index is 0. The molecule has 0 unspecified atom stereocenters. The molecule has 0 fully saturated rings. The first-order valence-corrected chi connectivity index (χ1v) is 9.41. The van der Waals surface area contributed by atoms with Crippen LogP contribution in [0.5, 0.6) is 0 Å². The Kier molecular flexibility index (Phi) is 11.6. The van der Waals surface area contributed by atoms with Gasteiger partial charge in [0.15, 0.2) is 0 Å². The molecule has 231 valence electrons. The van der Waals surface area contributed by atoms with Gasteiger partial charge in [-0.2, -0.15) is 101 Å². The van der Waals surface area contributed by atoms with Crippen molar-refractivity contribution in [1.29, 1.82) is 0 Å². The number of rotatable bonds is 12. The normalized spacial score (nSPS) is 16.3. The predicted octanol–water partition coefficient (Wildman–Crippen LogP) is 6.10. The molecule has 0 atom stereocenters. The Bertz CT molecular complexity index is 972. The van der Waals surface area contributed by atoms with Gasteiger partial charge < -0.3 is 0 Å². The minimum atomic E-state index is -9.27. The molecular formula is C12H5F21KO4S. The van der Waals surface area contributed by atoms with Crippen LogP contribution in [0.25, 0.3) is 0 Å². The third-order valence-electron chi connectivity index (χ3n) is 4.22. The van der Waals surface area contributed by atoms with E-state index in [0.717, 1.165) is 0 Å². The molecular weight excluding hydrogens is 678 g/mol. The zero-order chi connectivity index (χ0) is 31.6. The van der Waals surface area contributed by atoms with Crippen LogP contribution in [0.4, 0.5) is 92.2 Å². The third-order valence-corrected chi connectivity index (χ3v) is 4.69. The number of alkyl halides is 21. The van der Waals surface area contributed by atoms with Gasteiger partial charge >= 0.3 is 69.9 Å². The molecule has 39 heavy (non-hydrogen) atoms. The largest absolute Gasteiger partial charge is 0.460 e. The van der Waals surface area contributed by atoms with Crippen molar-refractivity contribution in [1.82, 2.24) is 0 Å². The molecule has 1 radical (unpaired) electrons. The molecule has 0 amide bonds. The molecule has 0 spiro atoms. The van der Waals surface area contributed by atoms with Crippen LogP contribution >= 0.6 is 0 Å². The molecule has 0 aliphatic rings. The summed E-state index contributed by atoms with van der Waals surface area (Å²) in [5.74, 6) is -78.3. The van der Waals surface area contributed by atoms with Gasteiger partial charge in [-0.15, -0.1) is 0 Å². The molecule has 0 aromatic heterocycles. The summed E-state index contributed by atoms with van der Waals surface area (Å²) in [6, 6.07) is 0. The number of halogens is 21. The monoisotopic (exact) mass is 683 g/mol. The van der Waals surface area contributed by atoms with Crippen LogP contribution in [0.2, 0.25) is 0 Å². The molecule has 0 saturated heterocycles. The maximum atomic E-state index is 13.5. The van der Waals surface area contributed by atoms with E-state index < -0.39 is 82.9 Å². The van der Waals surface area contributed by atoms with Crippen molar-refractivity contribution in [3.63, 3.8) is 0 Å². The molecule has 0 aromatic rings. The Hall–Kier alpha value is 0.0364. The van der Waals surface area contributed by atoms with Crippen LogP contribution in [0.1, 0.15) is 6.42 Å². The van der Waals surface area contributed by atoms with E-state index in [9.17, 15) is 101 Å². The fourth-order valence-electron chi connectivity index (χ4n) is 2.02. The summed E-state index contributed by atoms with van der Waals surface area (Å²) >= 11 is 0. The second-order valence-electron chi connectivity index (χ2n) is 6.80. The van der Waals surface area contributed by atoms with E-state index in [1.54, 1.807) is 0 Å². The van der Waals surface area contributed by atoms with E-state index in [4.69, 9.17) is 4.55 Å². The fourth-order valence-corrected chi connectivity index (χ4v) is 2.32. The van der Waals surface area contributed by atoms with Gasteiger partial charge in [0.05, 0.1) is 6.61 Å². The SMILES string of the molecule is O=S(=O)(O)OCCC(F)(F)C(F)(F)C(F)(F)C(F)(F)C(F)(F)C(F)(F)C(F)(F)C(F)(F)C(F)(F)C(F)(F)F.[K]. The molecule has 0 saturated carbocycles. The molecule has 0 bridgehead atoms. The molecule has 0 aliphatic heterocycles. The first kappa shape index (κ1) is 41.2. The van der Waals surface area contributed by atoms with E-state index in [0.29, 0.717) is 0 Å². The summed E-state index contributed by atoms with van der Waals surface area (Å²) in [6.45, 7) is -2.59. The first-order chi connectivity index (χ1) is 16.0. The van der Waals surface area contributed by atoms with Gasteiger partial charge in [-0.1, -0.05) is 0 Å². The van der Waals surface area contributed by atoms with E-state index >= 15 is 0 Å². The Morgan fingerprint density at radius 1 is 0.462 bits per heavy atom. The van der Waals surface area contributed by atoms with E-state index in [1.807, 2.05) is 0 Å². The number of hydrogen-bond acceptors (Lipinski definition) is 3. The average Bonchev–Trinajstić information content (AvgIpc) is 2.64. The Morgan fingerprint density at radius 2 is 0.692 bits per heavy atom. The standard InChI is InChI=1S/C12H5F21O4S.K/c13-3(14,1-2-37-38(34,35)36)4(15,16)5(17,18)6(19,20)7(21,22)8(23,24)9(25,26)10(27,28)11(29,30)12(31,32)33;/h1-2H2,(H,34,35,36);. The van der Waals surface area contributed by atoms with Crippen molar-refractivity contribution < 1.29 is 109 Å². The van der Waals surface area contributed by atoms with Gasteiger partial charge in [0.25, 0.3) is 0 Å². The summed E-state index contributed by atoms with van der Waals surface area (Å²) in [5, 5.41) is 0. The second-order valence-corrected chi connectivity index (χ2v) is 7.89. The first-order valence-electron chi connectivity index (χ1n) is 8.04. The maximum Gasteiger partial charge on any atom is 0.460 e. The van der Waals surface area contributed by atoms with Gasteiger partial charge in [-0.25, -0.2) is 4.18 Å². The summed E-state index contributed by atoms with van der Waals surface area (Å²) in [4.78, 5) is 0. The van der Waals surface area contributed by atoms with E-state index in [-0.39, 0.29) is 51.4 Å². The van der Waals surface area contributed by atoms with Crippen molar-refractivity contribution in [2.45, 2.75) is 65.9 Å². The fraction of sp³-hybridized carbons (Fsp3) is 1.00.